The molecule has 1 saturated heterocycles. The molecule has 0 spiro atoms. The minimum absolute atomic E-state index is 0. The molecule has 0 aromatic heterocycles. The number of halogens is 1. The van der Waals surface area contributed by atoms with Crippen molar-refractivity contribution < 1.29 is 0 Å². The molecule has 52 valence electrons. The summed E-state index contributed by atoms with van der Waals surface area (Å²) in [6.45, 7) is 3.27. The van der Waals surface area contributed by atoms with Crippen LogP contribution in [0.25, 0.3) is 0 Å². The summed E-state index contributed by atoms with van der Waals surface area (Å²) < 4.78 is 0. The van der Waals surface area contributed by atoms with Crippen molar-refractivity contribution in [3.8, 4) is 12.3 Å². The molecule has 0 radical (unpaired) electrons. The Balaban J connectivity index is 0.000000640. The molecule has 1 fully saturated rings. The maximum atomic E-state index is 5.12. The maximum absolute atomic E-state index is 5.12. The van der Waals surface area contributed by atoms with E-state index in [2.05, 4.69) is 10.8 Å². The molecule has 0 saturated carbocycles. The highest BCUT2D eigenvalue weighted by atomic mass is 35.5. The number of nitrogens with zero attached hydrogens (tertiary/aromatic N) is 1. The van der Waals surface area contributed by atoms with Crippen molar-refractivity contribution in [2.75, 3.05) is 19.6 Å². The third kappa shape index (κ3) is 2.74. The smallest absolute Gasteiger partial charge is 0.0598 e. The van der Waals surface area contributed by atoms with Gasteiger partial charge in [-0.3, -0.25) is 4.90 Å². The normalized spacial score (nSPS) is 18.6. The molecule has 1 nitrogen and oxygen atoms in total. The number of hydrogen-bond donors (Lipinski definition) is 0. The fraction of sp³-hybridized carbons (Fsp3) is 0.714. The summed E-state index contributed by atoms with van der Waals surface area (Å²) in [6.07, 6.45) is 7.79. The third-order valence-corrected chi connectivity index (χ3v) is 1.51. The van der Waals surface area contributed by atoms with Gasteiger partial charge in [0.1, 0.15) is 0 Å². The Morgan fingerprint density at radius 2 is 1.89 bits per heavy atom. The summed E-state index contributed by atoms with van der Waals surface area (Å²) in [5.41, 5.74) is 0. The number of rotatable bonds is 1. The van der Waals surface area contributed by atoms with Crippen LogP contribution in [0.15, 0.2) is 0 Å². The SMILES string of the molecule is C#CCN1CCCC1.Cl. The van der Waals surface area contributed by atoms with Crippen LogP contribution in [-0.4, -0.2) is 24.5 Å². The molecule has 0 aliphatic carbocycles. The summed E-state index contributed by atoms with van der Waals surface area (Å²) >= 11 is 0. The number of hydrogen-bond acceptors (Lipinski definition) is 1. The summed E-state index contributed by atoms with van der Waals surface area (Å²) in [5, 5.41) is 0. The first-order chi connectivity index (χ1) is 3.93. The van der Waals surface area contributed by atoms with E-state index in [0.29, 0.717) is 0 Å². The minimum Gasteiger partial charge on any atom is -0.292 e. The van der Waals surface area contributed by atoms with Crippen LogP contribution in [0.3, 0.4) is 0 Å². The second kappa shape index (κ2) is 4.67. The zero-order valence-electron chi connectivity index (χ0n) is 5.47. The summed E-state index contributed by atoms with van der Waals surface area (Å²) in [4.78, 5) is 2.31. The van der Waals surface area contributed by atoms with Crippen LogP contribution < -0.4 is 0 Å². The van der Waals surface area contributed by atoms with Gasteiger partial charge < -0.3 is 0 Å². The fourth-order valence-electron chi connectivity index (χ4n) is 1.07. The largest absolute Gasteiger partial charge is 0.292 e. The molecule has 0 aromatic rings. The van der Waals surface area contributed by atoms with E-state index in [-0.39, 0.29) is 12.4 Å². The van der Waals surface area contributed by atoms with E-state index in [9.17, 15) is 0 Å². The lowest BCUT2D eigenvalue weighted by atomic mass is 10.4. The van der Waals surface area contributed by atoms with Gasteiger partial charge in [0.2, 0.25) is 0 Å². The summed E-state index contributed by atoms with van der Waals surface area (Å²) in [5.74, 6) is 2.64. The van der Waals surface area contributed by atoms with Crippen LogP contribution in [0.5, 0.6) is 0 Å². The molecule has 0 N–H and O–H groups in total. The first-order valence-corrected chi connectivity index (χ1v) is 3.09. The number of likely N-dealkylation sites (tertiary alicyclic amines) is 1. The van der Waals surface area contributed by atoms with Crippen LogP contribution in [0, 0.1) is 12.3 Å². The number of terminal acetylenes is 1. The first-order valence-electron chi connectivity index (χ1n) is 3.09. The highest BCUT2D eigenvalue weighted by Crippen LogP contribution is 2.04. The van der Waals surface area contributed by atoms with Crippen molar-refractivity contribution in [3.05, 3.63) is 0 Å². The lowest BCUT2D eigenvalue weighted by Crippen LogP contribution is -2.18. The highest BCUT2D eigenvalue weighted by molar-refractivity contribution is 5.85. The van der Waals surface area contributed by atoms with Gasteiger partial charge in [-0.2, -0.15) is 0 Å². The monoisotopic (exact) mass is 145 g/mol. The van der Waals surface area contributed by atoms with Crippen LogP contribution in [0.2, 0.25) is 0 Å². The predicted octanol–water partition coefficient (Wildman–Crippen LogP) is 1.14. The molecule has 0 aromatic carbocycles. The van der Waals surface area contributed by atoms with E-state index in [1.54, 1.807) is 0 Å². The van der Waals surface area contributed by atoms with E-state index in [1.165, 1.54) is 25.9 Å². The van der Waals surface area contributed by atoms with Crippen molar-refractivity contribution in [3.63, 3.8) is 0 Å². The average Bonchev–Trinajstić information content (AvgIpc) is 2.19. The standard InChI is InChI=1S/C7H11N.ClH/c1-2-5-8-6-3-4-7-8;/h1H,3-7H2;1H. The topological polar surface area (TPSA) is 3.24 Å². The van der Waals surface area contributed by atoms with Crippen LogP contribution in [0.4, 0.5) is 0 Å². The molecule has 0 unspecified atom stereocenters. The second-order valence-corrected chi connectivity index (χ2v) is 2.19. The second-order valence-electron chi connectivity index (χ2n) is 2.19. The molecule has 1 aliphatic rings. The van der Waals surface area contributed by atoms with Crippen molar-refractivity contribution >= 4 is 12.4 Å². The molecule has 0 atom stereocenters. The Kier molecular flexibility index (Phi) is 4.57. The Bertz CT molecular complexity index is 100.0. The minimum atomic E-state index is 0. The molecule has 0 amide bonds. The average molecular weight is 146 g/mol. The first kappa shape index (κ1) is 8.81. The third-order valence-electron chi connectivity index (χ3n) is 1.51. The van der Waals surface area contributed by atoms with E-state index < -0.39 is 0 Å². The molecular weight excluding hydrogens is 134 g/mol. The summed E-state index contributed by atoms with van der Waals surface area (Å²) in [7, 11) is 0. The zero-order valence-corrected chi connectivity index (χ0v) is 6.28. The molecule has 0 bridgehead atoms. The van der Waals surface area contributed by atoms with E-state index in [4.69, 9.17) is 6.42 Å². The molecule has 1 rings (SSSR count). The van der Waals surface area contributed by atoms with Gasteiger partial charge in [-0.25, -0.2) is 0 Å². The lowest BCUT2D eigenvalue weighted by molar-refractivity contribution is 0.383. The predicted molar refractivity (Wildman–Crippen MR) is 41.8 cm³/mol. The van der Waals surface area contributed by atoms with Crippen molar-refractivity contribution in [2.45, 2.75) is 12.8 Å². The highest BCUT2D eigenvalue weighted by Gasteiger charge is 2.08. The van der Waals surface area contributed by atoms with Crippen molar-refractivity contribution in [1.82, 2.24) is 4.90 Å². The van der Waals surface area contributed by atoms with E-state index in [0.717, 1.165) is 6.54 Å². The van der Waals surface area contributed by atoms with Gasteiger partial charge in [-0.15, -0.1) is 18.8 Å². The Labute approximate surface area is 62.8 Å². The van der Waals surface area contributed by atoms with Crippen molar-refractivity contribution in [1.29, 1.82) is 0 Å². The molecular formula is C7H12ClN. The van der Waals surface area contributed by atoms with Gasteiger partial charge >= 0.3 is 0 Å². The van der Waals surface area contributed by atoms with Gasteiger partial charge in [0.05, 0.1) is 6.54 Å². The quantitative estimate of drug-likeness (QED) is 0.501. The Morgan fingerprint density at radius 1 is 1.33 bits per heavy atom. The molecule has 2 heteroatoms. The fourth-order valence-corrected chi connectivity index (χ4v) is 1.07. The summed E-state index contributed by atoms with van der Waals surface area (Å²) in [6, 6.07) is 0. The maximum Gasteiger partial charge on any atom is 0.0598 e. The van der Waals surface area contributed by atoms with Gasteiger partial charge in [-0.1, -0.05) is 5.92 Å². The lowest BCUT2D eigenvalue weighted by Gasteiger charge is -2.07. The van der Waals surface area contributed by atoms with Crippen LogP contribution >= 0.6 is 12.4 Å². The molecule has 9 heavy (non-hydrogen) atoms. The van der Waals surface area contributed by atoms with Gasteiger partial charge in [-0.05, 0) is 25.9 Å². The van der Waals surface area contributed by atoms with Gasteiger partial charge in [0.25, 0.3) is 0 Å². The zero-order chi connectivity index (χ0) is 5.82. The Morgan fingerprint density at radius 3 is 2.33 bits per heavy atom. The van der Waals surface area contributed by atoms with Crippen LogP contribution in [0.1, 0.15) is 12.8 Å². The Hall–Kier alpha value is -0.190. The van der Waals surface area contributed by atoms with Gasteiger partial charge in [0.15, 0.2) is 0 Å². The van der Waals surface area contributed by atoms with Crippen molar-refractivity contribution in [2.24, 2.45) is 0 Å². The van der Waals surface area contributed by atoms with E-state index in [1.807, 2.05) is 0 Å². The van der Waals surface area contributed by atoms with Gasteiger partial charge in [0, 0.05) is 0 Å². The molecule has 1 heterocycles. The van der Waals surface area contributed by atoms with Crippen LogP contribution in [-0.2, 0) is 0 Å². The molecule has 1 aliphatic heterocycles. The van der Waals surface area contributed by atoms with E-state index >= 15 is 0 Å².